The Balaban J connectivity index is 1.44. The number of nitrogens with one attached hydrogen (secondary N) is 1. The zero-order valence-electron chi connectivity index (χ0n) is 11.6. The van der Waals surface area contributed by atoms with Gasteiger partial charge in [0.2, 0.25) is 0 Å². The predicted octanol–water partition coefficient (Wildman–Crippen LogP) is 2.02. The topological polar surface area (TPSA) is 47.6 Å². The van der Waals surface area contributed by atoms with Gasteiger partial charge in [-0.15, -0.1) is 0 Å². The van der Waals surface area contributed by atoms with Gasteiger partial charge < -0.3 is 14.8 Å². The minimum Gasteiger partial charge on any atom is -0.462 e. The monoisotopic (exact) mass is 267 g/mol. The third-order valence-electron chi connectivity index (χ3n) is 4.87. The lowest BCUT2D eigenvalue weighted by Gasteiger charge is -2.39. The van der Waals surface area contributed by atoms with Crippen LogP contribution in [0, 0.1) is 5.92 Å². The smallest absolute Gasteiger partial charge is 0.323 e. The van der Waals surface area contributed by atoms with Crippen molar-refractivity contribution in [3.05, 3.63) is 0 Å². The molecule has 1 aliphatic carbocycles. The highest BCUT2D eigenvalue weighted by Gasteiger charge is 2.35. The molecule has 19 heavy (non-hydrogen) atoms. The van der Waals surface area contributed by atoms with Crippen LogP contribution in [0.5, 0.6) is 0 Å². The van der Waals surface area contributed by atoms with Crippen molar-refractivity contribution in [3.63, 3.8) is 0 Å². The molecule has 3 rings (SSSR count). The Morgan fingerprint density at radius 3 is 2.84 bits per heavy atom. The molecule has 1 saturated carbocycles. The van der Waals surface area contributed by atoms with E-state index < -0.39 is 0 Å². The summed E-state index contributed by atoms with van der Waals surface area (Å²) >= 11 is 0. The Labute approximate surface area is 115 Å². The van der Waals surface area contributed by atoms with E-state index in [0.717, 1.165) is 31.8 Å². The molecule has 1 N–H and O–H groups in total. The molecule has 108 valence electrons. The van der Waals surface area contributed by atoms with Gasteiger partial charge in [0, 0.05) is 12.6 Å². The third kappa shape index (κ3) is 3.29. The first-order chi connectivity index (χ1) is 9.33. The third-order valence-corrected chi connectivity index (χ3v) is 4.87. The molecule has 3 fully saturated rings. The molecule has 4 atom stereocenters. The molecular weight excluding hydrogens is 242 g/mol. The molecule has 2 saturated heterocycles. The second kappa shape index (κ2) is 6.23. The number of esters is 1. The quantitative estimate of drug-likeness (QED) is 0.795. The summed E-state index contributed by atoms with van der Waals surface area (Å²) in [6.45, 7) is 1.25. The second-order valence-corrected chi connectivity index (χ2v) is 6.21. The fourth-order valence-electron chi connectivity index (χ4n) is 3.73. The summed E-state index contributed by atoms with van der Waals surface area (Å²) < 4.78 is 10.9. The number of hydrogen-bond acceptors (Lipinski definition) is 4. The van der Waals surface area contributed by atoms with Crippen molar-refractivity contribution in [2.75, 3.05) is 13.2 Å². The van der Waals surface area contributed by atoms with Gasteiger partial charge in [-0.1, -0.05) is 12.8 Å². The van der Waals surface area contributed by atoms with E-state index in [1.807, 2.05) is 0 Å². The first-order valence-corrected chi connectivity index (χ1v) is 7.87. The number of fused-ring (bicyclic) bond motifs is 1. The van der Waals surface area contributed by atoms with Crippen LogP contribution in [0.2, 0.25) is 0 Å². The average molecular weight is 267 g/mol. The van der Waals surface area contributed by atoms with Gasteiger partial charge in [0.15, 0.2) is 0 Å². The van der Waals surface area contributed by atoms with Gasteiger partial charge in [-0.25, -0.2) is 0 Å². The maximum atomic E-state index is 12.1. The number of piperidine rings is 1. The molecule has 2 heterocycles. The van der Waals surface area contributed by atoms with Crippen molar-refractivity contribution in [2.45, 2.75) is 69.6 Å². The van der Waals surface area contributed by atoms with Gasteiger partial charge in [-0.3, -0.25) is 4.79 Å². The lowest BCUT2D eigenvalue weighted by molar-refractivity contribution is -0.151. The maximum absolute atomic E-state index is 12.1. The summed E-state index contributed by atoms with van der Waals surface area (Å²) in [6.07, 6.45) is 9.57. The van der Waals surface area contributed by atoms with Crippen LogP contribution in [0.25, 0.3) is 0 Å². The highest BCUT2D eigenvalue weighted by Crippen LogP contribution is 2.32. The van der Waals surface area contributed by atoms with E-state index in [0.29, 0.717) is 12.6 Å². The first-order valence-electron chi connectivity index (χ1n) is 7.87. The fourth-order valence-corrected chi connectivity index (χ4v) is 3.73. The lowest BCUT2D eigenvalue weighted by atomic mass is 9.78. The van der Waals surface area contributed by atoms with E-state index >= 15 is 0 Å². The summed E-state index contributed by atoms with van der Waals surface area (Å²) in [5.74, 6) is 0.718. The van der Waals surface area contributed by atoms with E-state index in [2.05, 4.69) is 5.32 Å². The van der Waals surface area contributed by atoms with Gasteiger partial charge in [0.25, 0.3) is 0 Å². The number of rotatable bonds is 3. The zero-order valence-corrected chi connectivity index (χ0v) is 11.6. The minimum absolute atomic E-state index is 0.0699. The molecule has 2 aliphatic heterocycles. The Morgan fingerprint density at radius 1 is 1.11 bits per heavy atom. The molecule has 4 nitrogen and oxygen atoms in total. The maximum Gasteiger partial charge on any atom is 0.323 e. The SMILES string of the molecule is O=C(OCC1CCCO1)C1CCC2CCCCC2N1. The van der Waals surface area contributed by atoms with Crippen LogP contribution in [0.15, 0.2) is 0 Å². The average Bonchev–Trinajstić information content (AvgIpc) is 2.97. The van der Waals surface area contributed by atoms with Crippen molar-refractivity contribution < 1.29 is 14.3 Å². The van der Waals surface area contributed by atoms with E-state index in [-0.39, 0.29) is 18.1 Å². The summed E-state index contributed by atoms with van der Waals surface area (Å²) in [4.78, 5) is 12.1. The molecule has 0 aromatic carbocycles. The van der Waals surface area contributed by atoms with Crippen LogP contribution in [-0.4, -0.2) is 37.4 Å². The lowest BCUT2D eigenvalue weighted by Crippen LogP contribution is -2.52. The van der Waals surface area contributed by atoms with Crippen LogP contribution >= 0.6 is 0 Å². The van der Waals surface area contributed by atoms with E-state index in [9.17, 15) is 4.79 Å². The van der Waals surface area contributed by atoms with Crippen molar-refractivity contribution in [2.24, 2.45) is 5.92 Å². The van der Waals surface area contributed by atoms with Crippen LogP contribution in [0.3, 0.4) is 0 Å². The molecule has 3 aliphatic rings. The normalized spacial score (nSPS) is 38.7. The summed E-state index contributed by atoms with van der Waals surface area (Å²) in [7, 11) is 0. The Morgan fingerprint density at radius 2 is 2.00 bits per heavy atom. The minimum atomic E-state index is -0.0826. The molecule has 0 spiro atoms. The first kappa shape index (κ1) is 13.4. The largest absolute Gasteiger partial charge is 0.462 e. The molecule has 0 aromatic heterocycles. The van der Waals surface area contributed by atoms with E-state index in [1.54, 1.807) is 0 Å². The van der Waals surface area contributed by atoms with Gasteiger partial charge in [-0.2, -0.15) is 0 Å². The Kier molecular flexibility index (Phi) is 4.38. The summed E-state index contributed by atoms with van der Waals surface area (Å²) in [5, 5.41) is 3.52. The summed E-state index contributed by atoms with van der Waals surface area (Å²) in [6, 6.07) is 0.462. The van der Waals surface area contributed by atoms with Crippen molar-refractivity contribution in [3.8, 4) is 0 Å². The van der Waals surface area contributed by atoms with Crippen LogP contribution in [0.4, 0.5) is 0 Å². The number of carbonyl (C=O) groups excluding carboxylic acids is 1. The Hall–Kier alpha value is -0.610. The van der Waals surface area contributed by atoms with Gasteiger partial charge in [0.1, 0.15) is 12.6 Å². The number of hydrogen-bond donors (Lipinski definition) is 1. The van der Waals surface area contributed by atoms with Crippen molar-refractivity contribution in [1.82, 2.24) is 5.32 Å². The molecule has 4 heteroatoms. The Bertz CT molecular complexity index is 315. The summed E-state index contributed by atoms with van der Waals surface area (Å²) in [5.41, 5.74) is 0. The zero-order chi connectivity index (χ0) is 13.1. The fraction of sp³-hybridized carbons (Fsp3) is 0.933. The van der Waals surface area contributed by atoms with E-state index in [4.69, 9.17) is 9.47 Å². The van der Waals surface area contributed by atoms with Gasteiger partial charge in [0.05, 0.1) is 6.10 Å². The molecule has 0 amide bonds. The van der Waals surface area contributed by atoms with Crippen LogP contribution in [0.1, 0.15) is 51.4 Å². The molecular formula is C15H25NO3. The van der Waals surface area contributed by atoms with Gasteiger partial charge in [-0.05, 0) is 44.4 Å². The van der Waals surface area contributed by atoms with E-state index in [1.165, 1.54) is 32.1 Å². The molecule has 0 aromatic rings. The van der Waals surface area contributed by atoms with Crippen LogP contribution in [-0.2, 0) is 14.3 Å². The van der Waals surface area contributed by atoms with Crippen LogP contribution < -0.4 is 5.32 Å². The molecule has 0 radical (unpaired) electrons. The molecule has 4 unspecified atom stereocenters. The van der Waals surface area contributed by atoms with Crippen molar-refractivity contribution >= 4 is 5.97 Å². The second-order valence-electron chi connectivity index (χ2n) is 6.21. The number of carbonyl (C=O) groups is 1. The highest BCUT2D eigenvalue weighted by molar-refractivity contribution is 5.76. The predicted molar refractivity (Wildman–Crippen MR) is 71.8 cm³/mol. The van der Waals surface area contributed by atoms with Crippen molar-refractivity contribution in [1.29, 1.82) is 0 Å². The molecule has 0 bridgehead atoms. The number of ether oxygens (including phenoxy) is 2. The standard InChI is InChI=1S/C15H25NO3/c17-15(19-10-12-5-3-9-18-12)14-8-7-11-4-1-2-6-13(11)16-14/h11-14,16H,1-10H2. The highest BCUT2D eigenvalue weighted by atomic mass is 16.6. The van der Waals surface area contributed by atoms with Gasteiger partial charge >= 0.3 is 5.97 Å².